The highest BCUT2D eigenvalue weighted by molar-refractivity contribution is 7.17. The molecule has 0 radical (unpaired) electrons. The molecule has 1 aromatic carbocycles. The van der Waals surface area contributed by atoms with Crippen LogP contribution in [0.1, 0.15) is 29.1 Å². The van der Waals surface area contributed by atoms with Crippen molar-refractivity contribution in [3.8, 4) is 10.6 Å². The first-order valence-electron chi connectivity index (χ1n) is 6.35. The minimum Gasteiger partial charge on any atom is -0.465 e. The largest absolute Gasteiger partial charge is 0.465 e. The summed E-state index contributed by atoms with van der Waals surface area (Å²) >= 11 is 7.25. The summed E-state index contributed by atoms with van der Waals surface area (Å²) in [4.78, 5) is 16.2. The van der Waals surface area contributed by atoms with E-state index >= 15 is 0 Å². The molecule has 0 unspecified atom stereocenters. The zero-order chi connectivity index (χ0) is 14.7. The zero-order valence-corrected chi connectivity index (χ0v) is 13.2. The number of thiazole rings is 1. The third-order valence-electron chi connectivity index (χ3n) is 2.77. The molecule has 0 aliphatic heterocycles. The lowest BCUT2D eigenvalue weighted by Gasteiger charge is -2.05. The number of esters is 1. The van der Waals surface area contributed by atoms with E-state index in [1.165, 1.54) is 24.0 Å². The molecule has 0 spiro atoms. The van der Waals surface area contributed by atoms with Crippen LogP contribution in [0.15, 0.2) is 24.3 Å². The number of ether oxygens (including phenoxy) is 1. The molecule has 0 N–H and O–H groups in total. The third-order valence-corrected chi connectivity index (χ3v) is 4.24. The maximum absolute atomic E-state index is 11.6. The average Bonchev–Trinajstić information content (AvgIpc) is 2.79. The lowest BCUT2D eigenvalue weighted by Crippen LogP contribution is -1.98. The Bertz CT molecular complexity index is 622. The average molecular weight is 310 g/mol. The molecule has 3 nitrogen and oxygen atoms in total. The fourth-order valence-corrected chi connectivity index (χ4v) is 3.15. The molecule has 20 heavy (non-hydrogen) atoms. The molecular formula is C15H16ClNO2S. The number of rotatable bonds is 4. The van der Waals surface area contributed by atoms with Gasteiger partial charge in [0, 0.05) is 5.56 Å². The summed E-state index contributed by atoms with van der Waals surface area (Å²) in [5.41, 5.74) is 2.23. The highest BCUT2D eigenvalue weighted by Gasteiger charge is 2.18. The minimum atomic E-state index is -0.447. The van der Waals surface area contributed by atoms with E-state index in [1.54, 1.807) is 0 Å². The van der Waals surface area contributed by atoms with E-state index in [-0.39, 0.29) is 5.15 Å². The van der Waals surface area contributed by atoms with Crippen LogP contribution in [0.25, 0.3) is 10.6 Å². The highest BCUT2D eigenvalue weighted by Crippen LogP contribution is 2.32. The lowest BCUT2D eigenvalue weighted by atomic mass is 10.0. The summed E-state index contributed by atoms with van der Waals surface area (Å²) in [5.74, 6) is 0.146. The number of methoxy groups -OCH3 is 1. The van der Waals surface area contributed by atoms with Crippen LogP contribution in [0.5, 0.6) is 0 Å². The summed E-state index contributed by atoms with van der Waals surface area (Å²) in [6, 6.07) is 8.16. The van der Waals surface area contributed by atoms with Gasteiger partial charge < -0.3 is 4.74 Å². The van der Waals surface area contributed by atoms with Gasteiger partial charge in [-0.15, -0.1) is 11.3 Å². The number of halogens is 1. The fraction of sp³-hybridized carbons (Fsp3) is 0.333. The smallest absolute Gasteiger partial charge is 0.351 e. The third kappa shape index (κ3) is 3.38. The first-order valence-corrected chi connectivity index (χ1v) is 7.54. The summed E-state index contributed by atoms with van der Waals surface area (Å²) in [6.45, 7) is 4.37. The summed E-state index contributed by atoms with van der Waals surface area (Å²) in [5, 5.41) is 0.937. The molecule has 1 aromatic heterocycles. The monoisotopic (exact) mass is 309 g/mol. The molecule has 5 heteroatoms. The Morgan fingerprint density at radius 2 is 2.20 bits per heavy atom. The molecule has 1 heterocycles. The van der Waals surface area contributed by atoms with E-state index < -0.39 is 5.97 Å². The second-order valence-corrected chi connectivity index (χ2v) is 6.29. The first kappa shape index (κ1) is 15.0. The van der Waals surface area contributed by atoms with Gasteiger partial charge in [0.15, 0.2) is 10.0 Å². The normalized spacial score (nSPS) is 10.8. The summed E-state index contributed by atoms with van der Waals surface area (Å²) < 4.78 is 4.69. The van der Waals surface area contributed by atoms with Crippen LogP contribution >= 0.6 is 22.9 Å². The number of aromatic nitrogens is 1. The van der Waals surface area contributed by atoms with Gasteiger partial charge in [-0.2, -0.15) is 0 Å². The van der Waals surface area contributed by atoms with Crippen LogP contribution in [0, 0.1) is 5.92 Å². The predicted molar refractivity (Wildman–Crippen MR) is 82.4 cm³/mol. The molecule has 2 aromatic rings. The molecule has 0 bridgehead atoms. The van der Waals surface area contributed by atoms with Crippen molar-refractivity contribution in [1.29, 1.82) is 0 Å². The fourth-order valence-electron chi connectivity index (χ4n) is 1.95. The number of carbonyl (C=O) groups excluding carboxylic acids is 1. The molecule has 0 atom stereocenters. The zero-order valence-electron chi connectivity index (χ0n) is 11.6. The van der Waals surface area contributed by atoms with Gasteiger partial charge in [0.05, 0.1) is 7.11 Å². The Morgan fingerprint density at radius 1 is 1.45 bits per heavy atom. The maximum atomic E-state index is 11.6. The minimum absolute atomic E-state index is 0.200. The Balaban J connectivity index is 2.34. The van der Waals surface area contributed by atoms with Crippen molar-refractivity contribution in [1.82, 2.24) is 4.98 Å². The Kier molecular flexibility index (Phi) is 4.78. The van der Waals surface area contributed by atoms with E-state index in [0.717, 1.165) is 17.0 Å². The summed E-state index contributed by atoms with van der Waals surface area (Å²) in [7, 11) is 1.33. The van der Waals surface area contributed by atoms with Crippen molar-refractivity contribution in [2.24, 2.45) is 5.92 Å². The number of carbonyl (C=O) groups is 1. The van der Waals surface area contributed by atoms with Gasteiger partial charge >= 0.3 is 5.97 Å². The van der Waals surface area contributed by atoms with Crippen LogP contribution in [0.3, 0.4) is 0 Å². The molecule has 0 amide bonds. The Hall–Kier alpha value is -1.39. The van der Waals surface area contributed by atoms with Crippen molar-refractivity contribution in [3.63, 3.8) is 0 Å². The van der Waals surface area contributed by atoms with E-state index in [4.69, 9.17) is 11.6 Å². The molecule has 0 fully saturated rings. The second-order valence-electron chi connectivity index (χ2n) is 4.93. The molecule has 0 saturated carbocycles. The molecule has 0 aliphatic rings. The van der Waals surface area contributed by atoms with Crippen LogP contribution in [-0.2, 0) is 11.2 Å². The Labute approximate surface area is 127 Å². The Morgan fingerprint density at radius 3 is 2.85 bits per heavy atom. The number of nitrogens with zero attached hydrogens (tertiary/aromatic N) is 1. The van der Waals surface area contributed by atoms with E-state index in [9.17, 15) is 4.79 Å². The topological polar surface area (TPSA) is 39.2 Å². The maximum Gasteiger partial charge on any atom is 0.351 e. The predicted octanol–water partition coefficient (Wildman–Crippen LogP) is 4.45. The van der Waals surface area contributed by atoms with Gasteiger partial charge in [-0.05, 0) is 24.0 Å². The van der Waals surface area contributed by atoms with Gasteiger partial charge in [0.25, 0.3) is 0 Å². The van der Waals surface area contributed by atoms with Crippen LogP contribution < -0.4 is 0 Å². The standard InChI is InChI=1S/C15H16ClNO2S/c1-9(2)7-10-5-4-6-11(8-10)14-17-13(16)12(20-14)15(18)19-3/h4-6,8-9H,7H2,1-3H3. The van der Waals surface area contributed by atoms with Crippen molar-refractivity contribution < 1.29 is 9.53 Å². The molecule has 106 valence electrons. The second kappa shape index (κ2) is 6.37. The quantitative estimate of drug-likeness (QED) is 0.783. The van der Waals surface area contributed by atoms with E-state index in [1.807, 2.05) is 12.1 Å². The van der Waals surface area contributed by atoms with Gasteiger partial charge in [0.1, 0.15) is 5.01 Å². The van der Waals surface area contributed by atoms with Crippen molar-refractivity contribution in [3.05, 3.63) is 39.9 Å². The SMILES string of the molecule is COC(=O)c1sc(-c2cccc(CC(C)C)c2)nc1Cl. The first-order chi connectivity index (χ1) is 9.51. The molecular weight excluding hydrogens is 294 g/mol. The highest BCUT2D eigenvalue weighted by atomic mass is 35.5. The number of hydrogen-bond donors (Lipinski definition) is 0. The summed E-state index contributed by atoms with van der Waals surface area (Å²) in [6.07, 6.45) is 1.01. The van der Waals surface area contributed by atoms with Gasteiger partial charge in [0.2, 0.25) is 0 Å². The van der Waals surface area contributed by atoms with E-state index in [0.29, 0.717) is 10.8 Å². The van der Waals surface area contributed by atoms with Gasteiger partial charge in [-0.3, -0.25) is 0 Å². The number of benzene rings is 1. The lowest BCUT2D eigenvalue weighted by molar-refractivity contribution is 0.0606. The van der Waals surface area contributed by atoms with Gasteiger partial charge in [-0.25, -0.2) is 9.78 Å². The van der Waals surface area contributed by atoms with Crippen molar-refractivity contribution in [2.45, 2.75) is 20.3 Å². The molecule has 0 aliphatic carbocycles. The van der Waals surface area contributed by atoms with Crippen LogP contribution in [0.2, 0.25) is 5.15 Å². The van der Waals surface area contributed by atoms with Crippen molar-refractivity contribution in [2.75, 3.05) is 7.11 Å². The van der Waals surface area contributed by atoms with Crippen molar-refractivity contribution >= 4 is 28.9 Å². The van der Waals surface area contributed by atoms with Crippen LogP contribution in [0.4, 0.5) is 0 Å². The molecule has 2 rings (SSSR count). The number of hydrogen-bond acceptors (Lipinski definition) is 4. The molecule has 0 saturated heterocycles. The van der Waals surface area contributed by atoms with Gasteiger partial charge in [-0.1, -0.05) is 43.6 Å². The van der Waals surface area contributed by atoms with E-state index in [2.05, 4.69) is 35.7 Å². The van der Waals surface area contributed by atoms with Crippen LogP contribution in [-0.4, -0.2) is 18.1 Å².